The van der Waals surface area contributed by atoms with E-state index in [9.17, 15) is 4.79 Å². The number of hydrogen-bond acceptors (Lipinski definition) is 5. The van der Waals surface area contributed by atoms with Crippen molar-refractivity contribution in [2.24, 2.45) is 0 Å². The molecule has 1 aliphatic heterocycles. The number of benzene rings is 1. The van der Waals surface area contributed by atoms with E-state index in [1.165, 1.54) is 6.33 Å². The first-order valence-corrected chi connectivity index (χ1v) is 7.02. The zero-order valence-corrected chi connectivity index (χ0v) is 12.0. The van der Waals surface area contributed by atoms with E-state index in [0.717, 1.165) is 16.7 Å². The number of amides is 1. The second kappa shape index (κ2) is 6.05. The second-order valence-electron chi connectivity index (χ2n) is 5.06. The molecule has 0 N–H and O–H groups in total. The monoisotopic (exact) mass is 286 g/mol. The molecule has 0 saturated carbocycles. The van der Waals surface area contributed by atoms with Crippen LogP contribution in [-0.2, 0) is 9.53 Å². The number of anilines is 1. The van der Waals surface area contributed by atoms with E-state index in [1.54, 1.807) is 0 Å². The molecule has 3 rings (SSSR count). The third kappa shape index (κ3) is 2.95. The number of rotatable bonds is 3. The highest BCUT2D eigenvalue weighted by Gasteiger charge is 2.19. The van der Waals surface area contributed by atoms with Crippen LogP contribution in [0, 0.1) is 0 Å². The number of hydrogen-bond donors (Lipinski definition) is 0. The fraction of sp³-hybridized carbons (Fsp3) is 0.400. The molecule has 0 radical (unpaired) electrons. The number of ether oxygens (including phenoxy) is 1. The molecule has 0 unspecified atom stereocenters. The Hall–Kier alpha value is -2.21. The van der Waals surface area contributed by atoms with Crippen LogP contribution in [0.4, 0.5) is 5.82 Å². The quantitative estimate of drug-likeness (QED) is 0.840. The molecule has 1 aromatic heterocycles. The van der Waals surface area contributed by atoms with Gasteiger partial charge in [0, 0.05) is 25.5 Å². The third-order valence-corrected chi connectivity index (χ3v) is 3.62. The van der Waals surface area contributed by atoms with Crippen molar-refractivity contribution in [1.82, 2.24) is 14.9 Å². The van der Waals surface area contributed by atoms with Gasteiger partial charge in [0.2, 0.25) is 5.91 Å². The van der Waals surface area contributed by atoms with Crippen LogP contribution in [-0.4, -0.2) is 60.7 Å². The predicted octanol–water partition coefficient (Wildman–Crippen LogP) is 0.925. The topological polar surface area (TPSA) is 58.6 Å². The summed E-state index contributed by atoms with van der Waals surface area (Å²) in [6.45, 7) is 2.87. The highest BCUT2D eigenvalue weighted by molar-refractivity contribution is 5.91. The lowest BCUT2D eigenvalue weighted by atomic mass is 10.2. The molecule has 110 valence electrons. The Morgan fingerprint density at radius 2 is 2.05 bits per heavy atom. The van der Waals surface area contributed by atoms with Gasteiger partial charge in [-0.3, -0.25) is 4.79 Å². The number of para-hydroxylation sites is 1. The molecule has 21 heavy (non-hydrogen) atoms. The summed E-state index contributed by atoms with van der Waals surface area (Å²) in [7, 11) is 1.88. The van der Waals surface area contributed by atoms with Gasteiger partial charge in [-0.15, -0.1) is 0 Å². The lowest BCUT2D eigenvalue weighted by Crippen LogP contribution is -2.45. The van der Waals surface area contributed by atoms with Gasteiger partial charge in [0.05, 0.1) is 25.3 Å². The largest absolute Gasteiger partial charge is 0.378 e. The van der Waals surface area contributed by atoms with Crippen molar-refractivity contribution in [3.05, 3.63) is 30.6 Å². The van der Waals surface area contributed by atoms with Gasteiger partial charge in [0.15, 0.2) is 0 Å². The van der Waals surface area contributed by atoms with E-state index in [2.05, 4.69) is 9.97 Å². The van der Waals surface area contributed by atoms with Crippen LogP contribution >= 0.6 is 0 Å². The van der Waals surface area contributed by atoms with Crippen LogP contribution in [0.3, 0.4) is 0 Å². The van der Waals surface area contributed by atoms with Gasteiger partial charge in [-0.1, -0.05) is 12.1 Å². The van der Waals surface area contributed by atoms with E-state index in [1.807, 2.05) is 41.1 Å². The SMILES string of the molecule is CN(CC(=O)N1CCOCC1)c1ncnc2ccccc12. The average molecular weight is 286 g/mol. The molecule has 1 saturated heterocycles. The highest BCUT2D eigenvalue weighted by Crippen LogP contribution is 2.21. The molecule has 0 aliphatic carbocycles. The number of aromatic nitrogens is 2. The van der Waals surface area contributed by atoms with Crippen LogP contribution in [0.25, 0.3) is 10.9 Å². The fourth-order valence-corrected chi connectivity index (χ4v) is 2.49. The Balaban J connectivity index is 1.77. The van der Waals surface area contributed by atoms with Crippen molar-refractivity contribution in [1.29, 1.82) is 0 Å². The molecule has 0 spiro atoms. The van der Waals surface area contributed by atoms with Gasteiger partial charge in [-0.25, -0.2) is 9.97 Å². The molecule has 6 heteroatoms. The lowest BCUT2D eigenvalue weighted by molar-refractivity contribution is -0.133. The molecular weight excluding hydrogens is 268 g/mol. The molecular formula is C15H18N4O2. The van der Waals surface area contributed by atoms with Gasteiger partial charge in [0.25, 0.3) is 0 Å². The minimum atomic E-state index is 0.100. The zero-order chi connectivity index (χ0) is 14.7. The van der Waals surface area contributed by atoms with Crippen LogP contribution in [0.1, 0.15) is 0 Å². The Labute approximate surface area is 123 Å². The minimum absolute atomic E-state index is 0.100. The van der Waals surface area contributed by atoms with E-state index >= 15 is 0 Å². The number of morpholine rings is 1. The summed E-state index contributed by atoms with van der Waals surface area (Å²) in [6.07, 6.45) is 1.54. The van der Waals surface area contributed by atoms with E-state index < -0.39 is 0 Å². The minimum Gasteiger partial charge on any atom is -0.378 e. The highest BCUT2D eigenvalue weighted by atomic mass is 16.5. The Morgan fingerprint density at radius 1 is 1.29 bits per heavy atom. The summed E-state index contributed by atoms with van der Waals surface area (Å²) in [4.78, 5) is 24.6. The van der Waals surface area contributed by atoms with Gasteiger partial charge in [0.1, 0.15) is 12.1 Å². The summed E-state index contributed by atoms with van der Waals surface area (Å²) < 4.78 is 5.27. The number of fused-ring (bicyclic) bond motifs is 1. The van der Waals surface area contributed by atoms with Crippen LogP contribution in [0.5, 0.6) is 0 Å². The molecule has 0 atom stereocenters. The molecule has 0 bridgehead atoms. The smallest absolute Gasteiger partial charge is 0.242 e. The Bertz CT molecular complexity index is 635. The first-order valence-electron chi connectivity index (χ1n) is 7.02. The normalized spacial score (nSPS) is 15.2. The fourth-order valence-electron chi connectivity index (χ4n) is 2.49. The number of likely N-dealkylation sites (N-methyl/N-ethyl adjacent to an activating group) is 1. The maximum Gasteiger partial charge on any atom is 0.242 e. The first kappa shape index (κ1) is 13.8. The Kier molecular flexibility index (Phi) is 3.96. The third-order valence-electron chi connectivity index (χ3n) is 3.62. The van der Waals surface area contributed by atoms with Crippen molar-refractivity contribution in [2.75, 3.05) is 44.8 Å². The molecule has 1 amide bonds. The van der Waals surface area contributed by atoms with Gasteiger partial charge in [-0.05, 0) is 12.1 Å². The van der Waals surface area contributed by atoms with Crippen LogP contribution in [0.15, 0.2) is 30.6 Å². The molecule has 6 nitrogen and oxygen atoms in total. The van der Waals surface area contributed by atoms with Gasteiger partial charge < -0.3 is 14.5 Å². The van der Waals surface area contributed by atoms with Crippen molar-refractivity contribution in [3.8, 4) is 0 Å². The molecule has 1 fully saturated rings. The van der Waals surface area contributed by atoms with E-state index in [4.69, 9.17) is 4.74 Å². The summed E-state index contributed by atoms with van der Waals surface area (Å²) in [6, 6.07) is 7.81. The molecule has 2 aromatic rings. The molecule has 1 aromatic carbocycles. The lowest BCUT2D eigenvalue weighted by Gasteiger charge is -2.29. The molecule has 1 aliphatic rings. The second-order valence-corrected chi connectivity index (χ2v) is 5.06. The first-order chi connectivity index (χ1) is 10.3. The number of carbonyl (C=O) groups excluding carboxylic acids is 1. The van der Waals surface area contributed by atoms with Crippen molar-refractivity contribution >= 4 is 22.6 Å². The summed E-state index contributed by atoms with van der Waals surface area (Å²) in [5, 5.41) is 0.956. The van der Waals surface area contributed by atoms with Gasteiger partial charge in [-0.2, -0.15) is 0 Å². The number of nitrogens with zero attached hydrogens (tertiary/aromatic N) is 4. The maximum absolute atomic E-state index is 12.3. The van der Waals surface area contributed by atoms with Crippen molar-refractivity contribution < 1.29 is 9.53 Å². The maximum atomic E-state index is 12.3. The summed E-state index contributed by atoms with van der Waals surface area (Å²) in [5.41, 5.74) is 0.883. The number of carbonyl (C=O) groups is 1. The Morgan fingerprint density at radius 3 is 2.86 bits per heavy atom. The predicted molar refractivity (Wildman–Crippen MR) is 80.2 cm³/mol. The summed E-state index contributed by atoms with van der Waals surface area (Å²) >= 11 is 0. The van der Waals surface area contributed by atoms with Crippen LogP contribution in [0.2, 0.25) is 0 Å². The van der Waals surface area contributed by atoms with Crippen molar-refractivity contribution in [2.45, 2.75) is 0 Å². The standard InChI is InChI=1S/C15H18N4O2/c1-18(10-14(20)19-6-8-21-9-7-19)15-12-4-2-3-5-13(12)16-11-17-15/h2-5,11H,6-10H2,1H3. The average Bonchev–Trinajstić information content (AvgIpc) is 2.55. The van der Waals surface area contributed by atoms with Gasteiger partial charge >= 0.3 is 0 Å². The summed E-state index contributed by atoms with van der Waals surface area (Å²) in [5.74, 6) is 0.880. The van der Waals surface area contributed by atoms with E-state index in [0.29, 0.717) is 32.8 Å². The zero-order valence-electron chi connectivity index (χ0n) is 12.0. The van der Waals surface area contributed by atoms with Crippen LogP contribution < -0.4 is 4.90 Å². The van der Waals surface area contributed by atoms with E-state index in [-0.39, 0.29) is 5.91 Å². The molecule has 2 heterocycles. The van der Waals surface area contributed by atoms with Crippen molar-refractivity contribution in [3.63, 3.8) is 0 Å².